The standard InChI is InChI=1S/C19H21N5OS/c25-19-13-5-6-15(24(19)8-14-11-26-12-20-14)9-23(7-13)10-18-21-16-3-1-2-4-17(16)22-18/h1-4,11-13,15H,5-10H2,(H,21,22)/t13-,15+/m0/s1. The van der Waals surface area contributed by atoms with E-state index in [2.05, 4.69) is 25.8 Å². The molecule has 3 aliphatic heterocycles. The van der Waals surface area contributed by atoms with Crippen LogP contribution in [0.2, 0.25) is 0 Å². The summed E-state index contributed by atoms with van der Waals surface area (Å²) in [4.78, 5) is 29.8. The van der Waals surface area contributed by atoms with Gasteiger partial charge >= 0.3 is 0 Å². The zero-order valence-electron chi connectivity index (χ0n) is 14.5. The summed E-state index contributed by atoms with van der Waals surface area (Å²) >= 11 is 1.59. The van der Waals surface area contributed by atoms with Gasteiger partial charge in [0, 0.05) is 24.5 Å². The lowest BCUT2D eigenvalue weighted by atomic mass is 9.94. The Balaban J connectivity index is 1.35. The number of piperidine rings is 1. The molecule has 0 radical (unpaired) electrons. The summed E-state index contributed by atoms with van der Waals surface area (Å²) in [5, 5.41) is 2.04. The maximum absolute atomic E-state index is 12.9. The van der Waals surface area contributed by atoms with Gasteiger partial charge in [0.25, 0.3) is 0 Å². The van der Waals surface area contributed by atoms with E-state index in [9.17, 15) is 4.79 Å². The highest BCUT2D eigenvalue weighted by molar-refractivity contribution is 7.07. The summed E-state index contributed by atoms with van der Waals surface area (Å²) in [6, 6.07) is 8.38. The number of hydrogen-bond donors (Lipinski definition) is 1. The number of H-pyrrole nitrogens is 1. The van der Waals surface area contributed by atoms with Crippen molar-refractivity contribution in [3.8, 4) is 0 Å². The first kappa shape index (κ1) is 16.0. The molecule has 0 saturated carbocycles. The largest absolute Gasteiger partial charge is 0.341 e. The second-order valence-corrected chi connectivity index (χ2v) is 7.99. The third-order valence-corrected chi connectivity index (χ3v) is 6.13. The van der Waals surface area contributed by atoms with Crippen molar-refractivity contribution < 1.29 is 4.79 Å². The molecule has 2 bridgehead atoms. The van der Waals surface area contributed by atoms with Crippen LogP contribution in [-0.2, 0) is 17.9 Å². The van der Waals surface area contributed by atoms with Crippen molar-refractivity contribution in [1.29, 1.82) is 0 Å². The van der Waals surface area contributed by atoms with E-state index >= 15 is 0 Å². The zero-order chi connectivity index (χ0) is 17.5. The number of hydrogen-bond acceptors (Lipinski definition) is 5. The van der Waals surface area contributed by atoms with Crippen LogP contribution in [0.4, 0.5) is 0 Å². The van der Waals surface area contributed by atoms with E-state index in [-0.39, 0.29) is 12.0 Å². The van der Waals surface area contributed by atoms with Gasteiger partial charge in [-0.2, -0.15) is 0 Å². The summed E-state index contributed by atoms with van der Waals surface area (Å²) in [7, 11) is 0. The van der Waals surface area contributed by atoms with E-state index in [1.165, 1.54) is 0 Å². The molecule has 6 rings (SSSR count). The topological polar surface area (TPSA) is 65.1 Å². The lowest BCUT2D eigenvalue weighted by Gasteiger charge is -2.35. The van der Waals surface area contributed by atoms with Crippen molar-refractivity contribution >= 4 is 28.3 Å². The van der Waals surface area contributed by atoms with Crippen LogP contribution in [0.5, 0.6) is 0 Å². The molecule has 26 heavy (non-hydrogen) atoms. The highest BCUT2D eigenvalue weighted by Gasteiger charge is 2.40. The number of aromatic nitrogens is 3. The predicted molar refractivity (Wildman–Crippen MR) is 101 cm³/mol. The minimum absolute atomic E-state index is 0.0942. The van der Waals surface area contributed by atoms with E-state index in [1.54, 1.807) is 11.3 Å². The number of imidazole rings is 1. The fourth-order valence-corrected chi connectivity index (χ4v) is 4.80. The van der Waals surface area contributed by atoms with E-state index in [0.29, 0.717) is 12.5 Å². The molecule has 3 saturated heterocycles. The number of fused-ring (bicyclic) bond motifs is 5. The van der Waals surface area contributed by atoms with Crippen LogP contribution in [0.15, 0.2) is 35.2 Å². The highest BCUT2D eigenvalue weighted by atomic mass is 32.1. The number of nitrogens with zero attached hydrogens (tertiary/aromatic N) is 4. The van der Waals surface area contributed by atoms with Gasteiger partial charge in [0.15, 0.2) is 0 Å². The first-order chi connectivity index (χ1) is 12.8. The van der Waals surface area contributed by atoms with E-state index < -0.39 is 0 Å². The lowest BCUT2D eigenvalue weighted by Crippen LogP contribution is -2.47. The van der Waals surface area contributed by atoms with Crippen LogP contribution < -0.4 is 0 Å². The summed E-state index contributed by atoms with van der Waals surface area (Å²) < 4.78 is 0. The summed E-state index contributed by atoms with van der Waals surface area (Å²) in [5.41, 5.74) is 4.91. The molecule has 1 N–H and O–H groups in total. The average Bonchev–Trinajstić information content (AvgIpc) is 3.22. The van der Waals surface area contributed by atoms with Crippen LogP contribution in [-0.4, -0.2) is 49.8 Å². The van der Waals surface area contributed by atoms with E-state index in [4.69, 9.17) is 4.98 Å². The molecule has 0 unspecified atom stereocenters. The number of para-hydroxylation sites is 2. The van der Waals surface area contributed by atoms with Crippen molar-refractivity contribution in [2.45, 2.75) is 32.0 Å². The number of benzene rings is 1. The van der Waals surface area contributed by atoms with Crippen molar-refractivity contribution in [3.05, 3.63) is 46.7 Å². The monoisotopic (exact) mass is 367 g/mol. The molecular weight excluding hydrogens is 346 g/mol. The van der Waals surface area contributed by atoms with Gasteiger partial charge in [-0.05, 0) is 25.0 Å². The van der Waals surface area contributed by atoms with Gasteiger partial charge in [0.05, 0.1) is 41.2 Å². The van der Waals surface area contributed by atoms with Gasteiger partial charge in [0.1, 0.15) is 5.82 Å². The van der Waals surface area contributed by atoms with Crippen LogP contribution >= 0.6 is 11.3 Å². The quantitative estimate of drug-likeness (QED) is 0.770. The van der Waals surface area contributed by atoms with Crippen molar-refractivity contribution in [3.63, 3.8) is 0 Å². The fourth-order valence-electron chi connectivity index (χ4n) is 4.25. The lowest BCUT2D eigenvalue weighted by molar-refractivity contribution is -0.140. The van der Waals surface area contributed by atoms with Crippen molar-refractivity contribution in [2.75, 3.05) is 13.1 Å². The number of amides is 1. The van der Waals surface area contributed by atoms with Gasteiger partial charge < -0.3 is 9.88 Å². The Morgan fingerprint density at radius 3 is 2.96 bits per heavy atom. The summed E-state index contributed by atoms with van der Waals surface area (Å²) in [5.74, 6) is 1.36. The Kier molecular flexibility index (Phi) is 3.98. The highest BCUT2D eigenvalue weighted by Crippen LogP contribution is 2.31. The smallest absolute Gasteiger partial charge is 0.227 e. The minimum Gasteiger partial charge on any atom is -0.341 e. The second kappa shape index (κ2) is 6.48. The van der Waals surface area contributed by atoms with Gasteiger partial charge in [0.2, 0.25) is 5.91 Å². The molecule has 0 spiro atoms. The number of aromatic amines is 1. The van der Waals surface area contributed by atoms with E-state index in [1.807, 2.05) is 29.1 Å². The maximum atomic E-state index is 12.9. The SMILES string of the molecule is O=C1[C@H]2CC[C@H](CN(Cc3nc4ccccc4[nH]3)C2)N1Cc1cscn1. The Labute approximate surface area is 155 Å². The van der Waals surface area contributed by atoms with Gasteiger partial charge in [-0.3, -0.25) is 9.69 Å². The van der Waals surface area contributed by atoms with Crippen LogP contribution in [0.3, 0.4) is 0 Å². The van der Waals surface area contributed by atoms with Gasteiger partial charge in [-0.1, -0.05) is 12.1 Å². The second-order valence-electron chi connectivity index (χ2n) is 7.27. The van der Waals surface area contributed by atoms with Crippen molar-refractivity contribution in [1.82, 2.24) is 24.8 Å². The Morgan fingerprint density at radius 1 is 1.19 bits per heavy atom. The Hall–Kier alpha value is -2.25. The molecule has 0 aliphatic carbocycles. The number of carbonyl (C=O) groups is 1. The van der Waals surface area contributed by atoms with Crippen molar-refractivity contribution in [2.24, 2.45) is 5.92 Å². The normalized spacial score (nSPS) is 23.7. The molecule has 134 valence electrons. The first-order valence-electron chi connectivity index (χ1n) is 9.10. The molecule has 2 aromatic heterocycles. The predicted octanol–water partition coefficient (Wildman–Crippen LogP) is 2.64. The fraction of sp³-hybridized carbons (Fsp3) is 0.421. The molecule has 3 fully saturated rings. The number of nitrogens with one attached hydrogen (secondary N) is 1. The molecule has 1 aromatic carbocycles. The third-order valence-electron chi connectivity index (χ3n) is 5.50. The summed E-state index contributed by atoms with van der Waals surface area (Å²) in [6.45, 7) is 3.13. The molecule has 3 aliphatic rings. The van der Waals surface area contributed by atoms with Crippen LogP contribution in [0.1, 0.15) is 24.4 Å². The van der Waals surface area contributed by atoms with Gasteiger partial charge in [-0.25, -0.2) is 9.97 Å². The van der Waals surface area contributed by atoms with Crippen LogP contribution in [0.25, 0.3) is 11.0 Å². The molecular formula is C19H21N5OS. The van der Waals surface area contributed by atoms with Gasteiger partial charge in [-0.15, -0.1) is 11.3 Å². The molecule has 6 nitrogen and oxygen atoms in total. The van der Waals surface area contributed by atoms with Crippen LogP contribution in [0, 0.1) is 5.92 Å². The van der Waals surface area contributed by atoms with E-state index in [0.717, 1.165) is 55.0 Å². The number of carbonyl (C=O) groups excluding carboxylic acids is 1. The summed E-state index contributed by atoms with van der Waals surface area (Å²) in [6.07, 6.45) is 2.07. The first-order valence-corrected chi connectivity index (χ1v) is 10.0. The third kappa shape index (κ3) is 2.91. The number of thiazole rings is 1. The molecule has 5 heterocycles. The Morgan fingerprint density at radius 2 is 2.12 bits per heavy atom. The number of rotatable bonds is 4. The average molecular weight is 367 g/mol. The molecule has 2 atom stereocenters. The maximum Gasteiger partial charge on any atom is 0.227 e. The molecule has 1 amide bonds. The minimum atomic E-state index is 0.0942. The molecule has 7 heteroatoms. The zero-order valence-corrected chi connectivity index (χ0v) is 15.3. The molecule has 3 aromatic rings. The Bertz CT molecular complexity index is 888.